The highest BCUT2D eigenvalue weighted by Crippen LogP contribution is 2.39. The Hall–Kier alpha value is -0.120. The van der Waals surface area contributed by atoms with E-state index in [4.69, 9.17) is 5.73 Å². The first kappa shape index (κ1) is 9.44. The molecule has 3 fully saturated rings. The summed E-state index contributed by atoms with van der Waals surface area (Å²) in [6, 6.07) is 0.956. The van der Waals surface area contributed by atoms with E-state index in [-0.39, 0.29) is 6.10 Å². The van der Waals surface area contributed by atoms with Gasteiger partial charge in [-0.1, -0.05) is 13.8 Å². The van der Waals surface area contributed by atoms with Gasteiger partial charge in [0.2, 0.25) is 0 Å². The Bertz CT molecular complexity index is 195. The number of fused-ring (bicyclic) bond motifs is 1. The lowest BCUT2D eigenvalue weighted by atomic mass is 9.81. The first-order valence-corrected chi connectivity index (χ1v) is 5.27. The molecule has 0 radical (unpaired) electrons. The highest BCUT2D eigenvalue weighted by atomic mass is 16.3. The molecule has 0 aromatic heterocycles. The van der Waals surface area contributed by atoms with Crippen LogP contribution in [-0.2, 0) is 0 Å². The molecule has 2 saturated heterocycles. The van der Waals surface area contributed by atoms with E-state index in [1.54, 1.807) is 0 Å². The summed E-state index contributed by atoms with van der Waals surface area (Å²) >= 11 is 0. The summed E-state index contributed by atoms with van der Waals surface area (Å²) in [5.74, 6) is 1.07. The molecule has 0 amide bonds. The van der Waals surface area contributed by atoms with Gasteiger partial charge in [0, 0.05) is 25.2 Å². The first-order chi connectivity index (χ1) is 6.09. The second-order valence-corrected chi connectivity index (χ2v) is 4.91. The van der Waals surface area contributed by atoms with E-state index in [9.17, 15) is 5.11 Å². The van der Waals surface area contributed by atoms with Gasteiger partial charge in [-0.3, -0.25) is 4.90 Å². The van der Waals surface area contributed by atoms with Gasteiger partial charge < -0.3 is 10.8 Å². The van der Waals surface area contributed by atoms with Crippen LogP contribution in [0.1, 0.15) is 20.3 Å². The molecule has 0 aromatic carbocycles. The maximum absolute atomic E-state index is 9.73. The van der Waals surface area contributed by atoms with Gasteiger partial charge in [-0.2, -0.15) is 0 Å². The Balaban J connectivity index is 1.84. The van der Waals surface area contributed by atoms with Crippen LogP contribution in [0.25, 0.3) is 0 Å². The average Bonchev–Trinajstić information content (AvgIpc) is 2.59. The lowest BCUT2D eigenvalue weighted by molar-refractivity contribution is 0.0718. The Morgan fingerprint density at radius 3 is 2.62 bits per heavy atom. The van der Waals surface area contributed by atoms with E-state index < -0.39 is 0 Å². The maximum atomic E-state index is 9.73. The Morgan fingerprint density at radius 2 is 2.23 bits per heavy atom. The molecule has 0 spiro atoms. The normalized spacial score (nSPS) is 40.8. The Morgan fingerprint density at radius 1 is 1.54 bits per heavy atom. The van der Waals surface area contributed by atoms with Crippen molar-refractivity contribution in [3.63, 3.8) is 0 Å². The Labute approximate surface area is 79.9 Å². The zero-order valence-electron chi connectivity index (χ0n) is 8.48. The third-order valence-electron chi connectivity index (χ3n) is 3.66. The van der Waals surface area contributed by atoms with Crippen molar-refractivity contribution in [2.24, 2.45) is 17.6 Å². The summed E-state index contributed by atoms with van der Waals surface area (Å²) in [6.45, 7) is 6.04. The van der Waals surface area contributed by atoms with Gasteiger partial charge in [-0.25, -0.2) is 0 Å². The minimum Gasteiger partial charge on any atom is -0.392 e. The summed E-state index contributed by atoms with van der Waals surface area (Å²) in [4.78, 5) is 2.36. The zero-order chi connectivity index (χ0) is 9.59. The molecule has 3 aliphatic rings. The summed E-state index contributed by atoms with van der Waals surface area (Å²) in [5.41, 5.74) is 5.95. The SMILES string of the molecule is CC(C)C(O)CN1CC2CC1C2N. The van der Waals surface area contributed by atoms with Crippen LogP contribution in [-0.4, -0.2) is 41.3 Å². The molecule has 0 aromatic rings. The molecule has 2 heterocycles. The average molecular weight is 184 g/mol. The van der Waals surface area contributed by atoms with E-state index in [1.807, 2.05) is 0 Å². The van der Waals surface area contributed by atoms with E-state index in [0.29, 0.717) is 23.9 Å². The number of hydrogen-bond donors (Lipinski definition) is 2. The lowest BCUT2D eigenvalue weighted by Crippen LogP contribution is -2.50. The molecule has 1 aliphatic carbocycles. The molecule has 2 bridgehead atoms. The van der Waals surface area contributed by atoms with Gasteiger partial charge in [0.25, 0.3) is 0 Å². The van der Waals surface area contributed by atoms with Crippen LogP contribution in [0, 0.1) is 11.8 Å². The van der Waals surface area contributed by atoms with Crippen LogP contribution < -0.4 is 5.73 Å². The largest absolute Gasteiger partial charge is 0.392 e. The third kappa shape index (κ3) is 1.49. The topological polar surface area (TPSA) is 49.5 Å². The van der Waals surface area contributed by atoms with Crippen LogP contribution in [0.4, 0.5) is 0 Å². The van der Waals surface area contributed by atoms with Crippen molar-refractivity contribution in [2.75, 3.05) is 13.1 Å². The molecule has 13 heavy (non-hydrogen) atoms. The van der Waals surface area contributed by atoms with Gasteiger partial charge in [0.1, 0.15) is 0 Å². The van der Waals surface area contributed by atoms with Crippen molar-refractivity contribution in [2.45, 2.75) is 38.5 Å². The van der Waals surface area contributed by atoms with Crippen LogP contribution in [0.15, 0.2) is 0 Å². The first-order valence-electron chi connectivity index (χ1n) is 5.27. The number of rotatable bonds is 3. The third-order valence-corrected chi connectivity index (χ3v) is 3.66. The number of nitrogens with two attached hydrogens (primary N) is 1. The molecule has 3 nitrogen and oxygen atoms in total. The summed E-state index contributed by atoms with van der Waals surface area (Å²) in [7, 11) is 0. The predicted molar refractivity (Wildman–Crippen MR) is 52.3 cm³/mol. The van der Waals surface area contributed by atoms with Crippen LogP contribution in [0.5, 0.6) is 0 Å². The molecule has 4 atom stereocenters. The maximum Gasteiger partial charge on any atom is 0.0690 e. The minimum atomic E-state index is -0.188. The van der Waals surface area contributed by atoms with Crippen molar-refractivity contribution < 1.29 is 5.11 Å². The van der Waals surface area contributed by atoms with Crippen LogP contribution in [0.2, 0.25) is 0 Å². The highest BCUT2D eigenvalue weighted by molar-refractivity contribution is 5.07. The molecular weight excluding hydrogens is 164 g/mol. The standard InChI is InChI=1S/C10H20N2O/c1-6(2)9(13)5-12-4-7-3-8(12)10(7)11/h6-10,13H,3-5,11H2,1-2H3. The van der Waals surface area contributed by atoms with Crippen molar-refractivity contribution >= 4 is 0 Å². The van der Waals surface area contributed by atoms with Crippen molar-refractivity contribution in [1.82, 2.24) is 4.90 Å². The molecule has 3 rings (SSSR count). The van der Waals surface area contributed by atoms with Crippen molar-refractivity contribution in [3.05, 3.63) is 0 Å². The molecular formula is C10H20N2O. The summed E-state index contributed by atoms with van der Waals surface area (Å²) < 4.78 is 0. The van der Waals surface area contributed by atoms with Crippen LogP contribution >= 0.6 is 0 Å². The quantitative estimate of drug-likeness (QED) is 0.651. The second-order valence-electron chi connectivity index (χ2n) is 4.91. The monoisotopic (exact) mass is 184 g/mol. The van der Waals surface area contributed by atoms with E-state index in [1.165, 1.54) is 6.42 Å². The lowest BCUT2D eigenvalue weighted by Gasteiger charge is -2.34. The molecule has 1 saturated carbocycles. The van der Waals surface area contributed by atoms with Gasteiger partial charge >= 0.3 is 0 Å². The Kier molecular flexibility index (Phi) is 2.34. The van der Waals surface area contributed by atoms with E-state index in [0.717, 1.165) is 13.1 Å². The van der Waals surface area contributed by atoms with Gasteiger partial charge in [-0.05, 0) is 18.3 Å². The fourth-order valence-electron chi connectivity index (χ4n) is 2.43. The molecule has 3 N–H and O–H groups in total. The number of aliphatic hydroxyl groups is 1. The van der Waals surface area contributed by atoms with Crippen molar-refractivity contribution in [3.8, 4) is 0 Å². The molecule has 4 unspecified atom stereocenters. The summed E-state index contributed by atoms with van der Waals surface area (Å²) in [5, 5.41) is 9.73. The molecule has 2 aliphatic heterocycles. The number of aliphatic hydroxyl groups excluding tert-OH is 1. The second kappa shape index (κ2) is 3.23. The smallest absolute Gasteiger partial charge is 0.0690 e. The number of hydrogen-bond acceptors (Lipinski definition) is 3. The van der Waals surface area contributed by atoms with Crippen LogP contribution in [0.3, 0.4) is 0 Å². The van der Waals surface area contributed by atoms with Gasteiger partial charge in [0.15, 0.2) is 0 Å². The van der Waals surface area contributed by atoms with E-state index in [2.05, 4.69) is 18.7 Å². The zero-order valence-corrected chi connectivity index (χ0v) is 8.48. The number of nitrogens with zero attached hydrogens (tertiary/aromatic N) is 1. The molecule has 3 heteroatoms. The highest BCUT2D eigenvalue weighted by Gasteiger charge is 2.49. The fraction of sp³-hybridized carbons (Fsp3) is 1.00. The minimum absolute atomic E-state index is 0.188. The van der Waals surface area contributed by atoms with E-state index >= 15 is 0 Å². The molecule has 76 valence electrons. The predicted octanol–water partition coefficient (Wildman–Crippen LogP) is 0.0347. The fourth-order valence-corrected chi connectivity index (χ4v) is 2.43. The summed E-state index contributed by atoms with van der Waals surface area (Å²) in [6.07, 6.45) is 1.07. The van der Waals surface area contributed by atoms with Gasteiger partial charge in [-0.15, -0.1) is 0 Å². The van der Waals surface area contributed by atoms with Crippen molar-refractivity contribution in [1.29, 1.82) is 0 Å². The van der Waals surface area contributed by atoms with Gasteiger partial charge in [0.05, 0.1) is 6.10 Å².